The van der Waals surface area contributed by atoms with Gasteiger partial charge in [0.2, 0.25) is 5.91 Å². The second-order valence-electron chi connectivity index (χ2n) is 5.31. The smallest absolute Gasteiger partial charge is 0.240 e. The third-order valence-electron chi connectivity index (χ3n) is 3.88. The van der Waals surface area contributed by atoms with E-state index in [1.54, 1.807) is 7.11 Å². The lowest BCUT2D eigenvalue weighted by Gasteiger charge is -2.14. The third-order valence-corrected chi connectivity index (χ3v) is 3.88. The summed E-state index contributed by atoms with van der Waals surface area (Å²) in [5.41, 5.74) is 6.24. The van der Waals surface area contributed by atoms with Crippen LogP contribution in [0.2, 0.25) is 0 Å². The van der Waals surface area contributed by atoms with Crippen molar-refractivity contribution >= 4 is 16.7 Å². The van der Waals surface area contributed by atoms with Gasteiger partial charge < -0.3 is 15.8 Å². The Balaban J connectivity index is 1.90. The van der Waals surface area contributed by atoms with Crippen molar-refractivity contribution in [2.24, 2.45) is 5.73 Å². The summed E-state index contributed by atoms with van der Waals surface area (Å²) in [6.45, 7) is 0.433. The van der Waals surface area contributed by atoms with Crippen LogP contribution < -0.4 is 15.8 Å². The molecule has 104 valence electrons. The molecule has 2 aromatic rings. The van der Waals surface area contributed by atoms with Gasteiger partial charge in [-0.15, -0.1) is 0 Å². The Morgan fingerprint density at radius 1 is 1.30 bits per heavy atom. The zero-order valence-electron chi connectivity index (χ0n) is 11.5. The van der Waals surface area contributed by atoms with Gasteiger partial charge >= 0.3 is 0 Å². The van der Waals surface area contributed by atoms with Gasteiger partial charge in [-0.3, -0.25) is 4.79 Å². The molecule has 0 radical (unpaired) electrons. The molecule has 0 atom stereocenters. The van der Waals surface area contributed by atoms with E-state index in [0.717, 1.165) is 34.9 Å². The Morgan fingerprint density at radius 2 is 2.05 bits per heavy atom. The van der Waals surface area contributed by atoms with Crippen LogP contribution in [0.1, 0.15) is 18.4 Å². The molecule has 1 saturated carbocycles. The lowest BCUT2D eigenvalue weighted by molar-refractivity contribution is -0.123. The van der Waals surface area contributed by atoms with Gasteiger partial charge in [0.25, 0.3) is 0 Å². The lowest BCUT2D eigenvalue weighted by Crippen LogP contribution is -2.42. The van der Waals surface area contributed by atoms with Crippen LogP contribution in [0.5, 0.6) is 5.75 Å². The summed E-state index contributed by atoms with van der Waals surface area (Å²) in [6, 6.07) is 12.0. The summed E-state index contributed by atoms with van der Waals surface area (Å²) >= 11 is 0. The number of nitrogens with two attached hydrogens (primary N) is 1. The maximum Gasteiger partial charge on any atom is 0.240 e. The molecule has 2 aromatic carbocycles. The molecule has 0 aromatic heterocycles. The second-order valence-corrected chi connectivity index (χ2v) is 5.31. The number of carbonyl (C=O) groups excluding carboxylic acids is 1. The van der Waals surface area contributed by atoms with E-state index >= 15 is 0 Å². The minimum atomic E-state index is -0.641. The molecule has 0 spiro atoms. The maximum atomic E-state index is 12.0. The standard InChI is InChI=1S/C16H18N2O2/c1-20-14-7-6-11-4-2-3-5-12(11)13(14)10-18-15(19)16(17)8-9-16/h2-7H,8-10,17H2,1H3,(H,18,19). The number of ether oxygens (including phenoxy) is 1. The quantitative estimate of drug-likeness (QED) is 0.892. The highest BCUT2D eigenvalue weighted by atomic mass is 16.5. The molecule has 4 nitrogen and oxygen atoms in total. The Hall–Kier alpha value is -2.07. The van der Waals surface area contributed by atoms with Gasteiger partial charge in [0.05, 0.1) is 12.6 Å². The monoisotopic (exact) mass is 270 g/mol. The molecule has 0 aliphatic heterocycles. The molecule has 3 rings (SSSR count). The van der Waals surface area contributed by atoms with Crippen LogP contribution in [-0.2, 0) is 11.3 Å². The third kappa shape index (κ3) is 2.23. The normalized spacial score (nSPS) is 15.9. The lowest BCUT2D eigenvalue weighted by atomic mass is 10.0. The Labute approximate surface area is 117 Å². The first-order chi connectivity index (χ1) is 9.64. The summed E-state index contributed by atoms with van der Waals surface area (Å²) in [5.74, 6) is 0.707. The molecular weight excluding hydrogens is 252 g/mol. The fourth-order valence-electron chi connectivity index (χ4n) is 2.40. The average Bonchev–Trinajstić information content (AvgIpc) is 3.23. The summed E-state index contributed by atoms with van der Waals surface area (Å²) in [6.07, 6.45) is 1.54. The Bertz CT molecular complexity index is 663. The molecule has 0 unspecified atom stereocenters. The number of carbonyl (C=O) groups is 1. The molecular formula is C16H18N2O2. The Morgan fingerprint density at radius 3 is 2.75 bits per heavy atom. The zero-order chi connectivity index (χ0) is 14.2. The summed E-state index contributed by atoms with van der Waals surface area (Å²) in [7, 11) is 1.64. The van der Waals surface area contributed by atoms with Crippen molar-refractivity contribution in [3.8, 4) is 5.75 Å². The zero-order valence-corrected chi connectivity index (χ0v) is 11.5. The van der Waals surface area contributed by atoms with E-state index < -0.39 is 5.54 Å². The summed E-state index contributed by atoms with van der Waals surface area (Å²) in [5, 5.41) is 5.15. The van der Waals surface area contributed by atoms with Crippen LogP contribution in [0.25, 0.3) is 10.8 Å². The molecule has 0 bridgehead atoms. The minimum absolute atomic E-state index is 0.0764. The molecule has 1 aliphatic carbocycles. The molecule has 1 fully saturated rings. The van der Waals surface area contributed by atoms with Crippen LogP contribution in [0.15, 0.2) is 36.4 Å². The predicted molar refractivity (Wildman–Crippen MR) is 78.5 cm³/mol. The Kier molecular flexibility index (Phi) is 3.10. The fourth-order valence-corrected chi connectivity index (χ4v) is 2.40. The molecule has 1 amide bonds. The minimum Gasteiger partial charge on any atom is -0.496 e. The van der Waals surface area contributed by atoms with Crippen LogP contribution >= 0.6 is 0 Å². The SMILES string of the molecule is COc1ccc2ccccc2c1CNC(=O)C1(N)CC1. The van der Waals surface area contributed by atoms with E-state index in [-0.39, 0.29) is 5.91 Å². The molecule has 0 saturated heterocycles. The van der Waals surface area contributed by atoms with E-state index in [4.69, 9.17) is 10.5 Å². The molecule has 0 heterocycles. The van der Waals surface area contributed by atoms with E-state index in [0.29, 0.717) is 6.54 Å². The average molecular weight is 270 g/mol. The van der Waals surface area contributed by atoms with Gasteiger partial charge in [-0.2, -0.15) is 0 Å². The summed E-state index contributed by atoms with van der Waals surface area (Å²) in [4.78, 5) is 12.0. The van der Waals surface area contributed by atoms with Crippen molar-refractivity contribution in [3.05, 3.63) is 42.0 Å². The van der Waals surface area contributed by atoms with Crippen molar-refractivity contribution in [1.29, 1.82) is 0 Å². The van der Waals surface area contributed by atoms with Gasteiger partial charge in [-0.1, -0.05) is 30.3 Å². The van der Waals surface area contributed by atoms with Crippen molar-refractivity contribution in [3.63, 3.8) is 0 Å². The van der Waals surface area contributed by atoms with E-state index in [1.165, 1.54) is 0 Å². The van der Waals surface area contributed by atoms with E-state index in [9.17, 15) is 4.79 Å². The first kappa shape index (κ1) is 12.9. The fraction of sp³-hybridized carbons (Fsp3) is 0.312. The number of benzene rings is 2. The second kappa shape index (κ2) is 4.80. The van der Waals surface area contributed by atoms with Crippen molar-refractivity contribution in [1.82, 2.24) is 5.32 Å². The van der Waals surface area contributed by atoms with Gasteiger partial charge in [0, 0.05) is 12.1 Å². The summed E-state index contributed by atoms with van der Waals surface area (Å²) < 4.78 is 5.40. The predicted octanol–water partition coefficient (Wildman–Crippen LogP) is 1.96. The van der Waals surface area contributed by atoms with Crippen LogP contribution in [0.4, 0.5) is 0 Å². The number of rotatable bonds is 4. The van der Waals surface area contributed by atoms with Crippen LogP contribution in [0, 0.1) is 0 Å². The highest BCUT2D eigenvalue weighted by molar-refractivity contribution is 5.91. The first-order valence-electron chi connectivity index (χ1n) is 6.76. The van der Waals surface area contributed by atoms with E-state index in [2.05, 4.69) is 5.32 Å². The van der Waals surface area contributed by atoms with Gasteiger partial charge in [-0.25, -0.2) is 0 Å². The van der Waals surface area contributed by atoms with Gasteiger partial charge in [0.1, 0.15) is 5.75 Å². The molecule has 20 heavy (non-hydrogen) atoms. The highest BCUT2D eigenvalue weighted by Crippen LogP contribution is 2.33. The van der Waals surface area contributed by atoms with Crippen molar-refractivity contribution in [2.45, 2.75) is 24.9 Å². The van der Waals surface area contributed by atoms with Crippen molar-refractivity contribution < 1.29 is 9.53 Å². The van der Waals surface area contributed by atoms with Crippen LogP contribution in [-0.4, -0.2) is 18.6 Å². The number of methoxy groups -OCH3 is 1. The first-order valence-corrected chi connectivity index (χ1v) is 6.76. The van der Waals surface area contributed by atoms with Gasteiger partial charge in [-0.05, 0) is 29.7 Å². The van der Waals surface area contributed by atoms with Crippen LogP contribution in [0.3, 0.4) is 0 Å². The molecule has 3 N–H and O–H groups in total. The van der Waals surface area contributed by atoms with E-state index in [1.807, 2.05) is 36.4 Å². The van der Waals surface area contributed by atoms with Crippen molar-refractivity contribution in [2.75, 3.05) is 7.11 Å². The largest absolute Gasteiger partial charge is 0.496 e. The number of hydrogen-bond acceptors (Lipinski definition) is 3. The highest BCUT2D eigenvalue weighted by Gasteiger charge is 2.45. The number of fused-ring (bicyclic) bond motifs is 1. The van der Waals surface area contributed by atoms with Gasteiger partial charge in [0.15, 0.2) is 0 Å². The number of nitrogens with one attached hydrogen (secondary N) is 1. The molecule has 1 aliphatic rings. The molecule has 4 heteroatoms. The number of hydrogen-bond donors (Lipinski definition) is 2. The maximum absolute atomic E-state index is 12.0. The topological polar surface area (TPSA) is 64.3 Å². The number of amides is 1.